The Hall–Kier alpha value is -2.30. The van der Waals surface area contributed by atoms with Crippen LogP contribution in [-0.2, 0) is 4.79 Å². The minimum absolute atomic E-state index is 0.106. The lowest BCUT2D eigenvalue weighted by molar-refractivity contribution is -0.115. The van der Waals surface area contributed by atoms with Crippen LogP contribution >= 0.6 is 12.0 Å². The van der Waals surface area contributed by atoms with E-state index in [1.807, 2.05) is 48.5 Å². The average molecular weight is 310 g/mol. The molecule has 0 bridgehead atoms. The first kappa shape index (κ1) is 14.6. The maximum atomic E-state index is 12.5. The smallest absolute Gasteiger partial charge is 0.171 e. The molecule has 2 N–H and O–H groups in total. The second-order valence-electron chi connectivity index (χ2n) is 4.98. The van der Waals surface area contributed by atoms with E-state index in [0.29, 0.717) is 28.1 Å². The Kier molecular flexibility index (Phi) is 4.13. The van der Waals surface area contributed by atoms with Gasteiger partial charge >= 0.3 is 0 Å². The van der Waals surface area contributed by atoms with E-state index in [1.165, 1.54) is 6.08 Å². The van der Waals surface area contributed by atoms with E-state index in [-0.39, 0.29) is 11.5 Å². The zero-order valence-corrected chi connectivity index (χ0v) is 12.5. The van der Waals surface area contributed by atoms with Crippen LogP contribution in [0.4, 0.5) is 0 Å². The summed E-state index contributed by atoms with van der Waals surface area (Å²) in [4.78, 5) is 12.8. The first-order valence-electron chi connectivity index (χ1n) is 6.83. The summed E-state index contributed by atoms with van der Waals surface area (Å²) in [6.07, 6.45) is 1.49. The molecule has 1 atom stereocenters. The highest BCUT2D eigenvalue weighted by atomic mass is 32.2. The molecule has 3 rings (SSSR count). The summed E-state index contributed by atoms with van der Waals surface area (Å²) < 4.78 is 9.59. The Balaban J connectivity index is 2.10. The number of benzene rings is 2. The van der Waals surface area contributed by atoms with Crippen molar-refractivity contribution in [3.05, 3.63) is 88.5 Å². The van der Waals surface area contributed by atoms with Gasteiger partial charge in [-0.25, -0.2) is 0 Å². The van der Waals surface area contributed by atoms with E-state index >= 15 is 0 Å². The standard InChI is InChI=1S/C18H14O3S/c19-15-11-14(12-7-3-1-4-8-12)18(22-21)17(20)16(15)13-9-5-2-6-10-13/h1-11,16,20-21H. The lowest BCUT2D eigenvalue weighted by Gasteiger charge is -2.23. The number of rotatable bonds is 3. The molecule has 0 aliphatic heterocycles. The van der Waals surface area contributed by atoms with Crippen LogP contribution in [0.15, 0.2) is 77.4 Å². The molecule has 0 saturated carbocycles. The first-order valence-corrected chi connectivity index (χ1v) is 7.60. The zero-order chi connectivity index (χ0) is 15.5. The number of carbonyl (C=O) groups excluding carboxylic acids is 1. The summed E-state index contributed by atoms with van der Waals surface area (Å²) >= 11 is 0.466. The van der Waals surface area contributed by atoms with E-state index in [2.05, 4.69) is 0 Å². The lowest BCUT2D eigenvalue weighted by Crippen LogP contribution is -2.19. The Morgan fingerprint density at radius 1 is 0.909 bits per heavy atom. The van der Waals surface area contributed by atoms with Crippen LogP contribution in [0.2, 0.25) is 0 Å². The maximum Gasteiger partial charge on any atom is 0.171 e. The van der Waals surface area contributed by atoms with E-state index in [0.717, 1.165) is 5.56 Å². The number of aliphatic hydroxyl groups is 1. The molecule has 0 heterocycles. The molecule has 1 unspecified atom stereocenters. The van der Waals surface area contributed by atoms with Crippen LogP contribution in [0, 0.1) is 0 Å². The molecule has 2 aromatic carbocycles. The second-order valence-corrected chi connectivity index (χ2v) is 5.57. The van der Waals surface area contributed by atoms with Gasteiger partial charge in [-0.2, -0.15) is 0 Å². The number of allylic oxidation sites excluding steroid dienone is 3. The van der Waals surface area contributed by atoms with Gasteiger partial charge in [-0.1, -0.05) is 60.7 Å². The number of ketones is 1. The Morgan fingerprint density at radius 2 is 1.50 bits per heavy atom. The van der Waals surface area contributed by atoms with Crippen molar-refractivity contribution in [3.63, 3.8) is 0 Å². The van der Waals surface area contributed by atoms with Gasteiger partial charge in [0, 0.05) is 17.6 Å². The molecule has 22 heavy (non-hydrogen) atoms. The summed E-state index contributed by atoms with van der Waals surface area (Å²) in [5, 5.41) is 10.5. The lowest BCUT2D eigenvalue weighted by atomic mass is 9.85. The highest BCUT2D eigenvalue weighted by Crippen LogP contribution is 2.41. The molecule has 0 amide bonds. The molecule has 0 spiro atoms. The van der Waals surface area contributed by atoms with Crippen molar-refractivity contribution in [2.45, 2.75) is 5.92 Å². The van der Waals surface area contributed by atoms with Crippen molar-refractivity contribution in [1.29, 1.82) is 0 Å². The fourth-order valence-electron chi connectivity index (χ4n) is 2.59. The van der Waals surface area contributed by atoms with E-state index < -0.39 is 5.92 Å². The van der Waals surface area contributed by atoms with Crippen LogP contribution in [0.25, 0.3) is 5.57 Å². The van der Waals surface area contributed by atoms with Crippen molar-refractivity contribution < 1.29 is 14.5 Å². The minimum atomic E-state index is -0.761. The molecular weight excluding hydrogens is 296 g/mol. The molecule has 0 fully saturated rings. The van der Waals surface area contributed by atoms with Gasteiger partial charge in [0.05, 0.1) is 4.91 Å². The van der Waals surface area contributed by atoms with E-state index in [9.17, 15) is 14.5 Å². The van der Waals surface area contributed by atoms with Crippen molar-refractivity contribution in [2.75, 3.05) is 0 Å². The summed E-state index contributed by atoms with van der Waals surface area (Å²) in [5.74, 6) is -1.06. The molecule has 110 valence electrons. The molecule has 0 aromatic heterocycles. The van der Waals surface area contributed by atoms with Crippen LogP contribution in [0.3, 0.4) is 0 Å². The Labute approximate surface area is 132 Å². The average Bonchev–Trinajstić information content (AvgIpc) is 2.56. The molecule has 1 aliphatic rings. The zero-order valence-electron chi connectivity index (χ0n) is 11.6. The topological polar surface area (TPSA) is 57.5 Å². The largest absolute Gasteiger partial charge is 0.510 e. The van der Waals surface area contributed by atoms with Gasteiger partial charge in [-0.05, 0) is 17.2 Å². The minimum Gasteiger partial charge on any atom is -0.510 e. The van der Waals surface area contributed by atoms with E-state index in [4.69, 9.17) is 0 Å². The highest BCUT2D eigenvalue weighted by molar-refractivity contribution is 7.98. The molecule has 2 aromatic rings. The third-order valence-electron chi connectivity index (χ3n) is 3.63. The fraction of sp³-hybridized carbons (Fsp3) is 0.0556. The van der Waals surface area contributed by atoms with Gasteiger partial charge in [0.2, 0.25) is 0 Å². The van der Waals surface area contributed by atoms with Crippen LogP contribution in [-0.4, -0.2) is 15.4 Å². The quantitative estimate of drug-likeness (QED) is 0.824. The number of carbonyl (C=O) groups is 1. The first-order chi connectivity index (χ1) is 10.7. The number of aliphatic hydroxyl groups excluding tert-OH is 1. The Bertz CT molecular complexity index is 748. The molecule has 0 saturated heterocycles. The number of hydrogen-bond donors (Lipinski definition) is 2. The predicted molar refractivity (Wildman–Crippen MR) is 88.5 cm³/mol. The third kappa shape index (κ3) is 2.58. The van der Waals surface area contributed by atoms with Crippen molar-refractivity contribution in [3.8, 4) is 0 Å². The van der Waals surface area contributed by atoms with Crippen LogP contribution < -0.4 is 0 Å². The molecule has 1 aliphatic carbocycles. The monoisotopic (exact) mass is 310 g/mol. The van der Waals surface area contributed by atoms with Gasteiger partial charge in [0.15, 0.2) is 5.78 Å². The van der Waals surface area contributed by atoms with Gasteiger partial charge in [-0.3, -0.25) is 4.79 Å². The van der Waals surface area contributed by atoms with Gasteiger partial charge in [0.1, 0.15) is 11.7 Å². The molecule has 4 heteroatoms. The van der Waals surface area contributed by atoms with Crippen molar-refractivity contribution in [2.24, 2.45) is 0 Å². The summed E-state index contributed by atoms with van der Waals surface area (Å²) in [6, 6.07) is 18.3. The van der Waals surface area contributed by atoms with Crippen LogP contribution in [0.5, 0.6) is 0 Å². The summed E-state index contributed by atoms with van der Waals surface area (Å²) in [7, 11) is 0. The van der Waals surface area contributed by atoms with Gasteiger partial charge in [0.25, 0.3) is 0 Å². The third-order valence-corrected chi connectivity index (χ3v) is 4.24. The Morgan fingerprint density at radius 3 is 2.09 bits per heavy atom. The van der Waals surface area contributed by atoms with Crippen molar-refractivity contribution >= 4 is 23.4 Å². The van der Waals surface area contributed by atoms with E-state index in [1.54, 1.807) is 12.1 Å². The SMILES string of the molecule is O=C1C=C(c2ccccc2)C(SO)=C(O)C1c1ccccc1. The van der Waals surface area contributed by atoms with Crippen LogP contribution in [0.1, 0.15) is 17.0 Å². The molecular formula is C18H14O3S. The van der Waals surface area contributed by atoms with Gasteiger partial charge < -0.3 is 9.66 Å². The molecule has 3 nitrogen and oxygen atoms in total. The van der Waals surface area contributed by atoms with Gasteiger partial charge in [-0.15, -0.1) is 0 Å². The maximum absolute atomic E-state index is 12.5. The number of hydrogen-bond acceptors (Lipinski definition) is 4. The summed E-state index contributed by atoms with van der Waals surface area (Å²) in [5.41, 5.74) is 2.04. The second kappa shape index (κ2) is 6.22. The molecule has 0 radical (unpaired) electrons. The fourth-order valence-corrected chi connectivity index (χ4v) is 3.08. The highest BCUT2D eigenvalue weighted by Gasteiger charge is 2.32. The normalized spacial score (nSPS) is 18.3. The van der Waals surface area contributed by atoms with Crippen molar-refractivity contribution in [1.82, 2.24) is 0 Å². The predicted octanol–water partition coefficient (Wildman–Crippen LogP) is 4.41. The summed E-state index contributed by atoms with van der Waals surface area (Å²) in [6.45, 7) is 0.